The SMILES string of the molecule is CCn1nc(C)c(Br)c1CC(NN)c1c(Cl)cccc1Cl. The summed E-state index contributed by atoms with van der Waals surface area (Å²) in [5.41, 5.74) is 5.62. The van der Waals surface area contributed by atoms with Gasteiger partial charge in [-0.3, -0.25) is 16.0 Å². The molecule has 0 spiro atoms. The number of aryl methyl sites for hydroxylation is 2. The second kappa shape index (κ2) is 7.11. The molecule has 0 fully saturated rings. The molecule has 114 valence electrons. The predicted molar refractivity (Wildman–Crippen MR) is 90.6 cm³/mol. The van der Waals surface area contributed by atoms with Crippen LogP contribution in [0.3, 0.4) is 0 Å². The van der Waals surface area contributed by atoms with E-state index in [2.05, 4.69) is 33.4 Å². The summed E-state index contributed by atoms with van der Waals surface area (Å²) in [4.78, 5) is 0. The zero-order valence-corrected chi connectivity index (χ0v) is 14.9. The summed E-state index contributed by atoms with van der Waals surface area (Å²) in [6.07, 6.45) is 0.634. The van der Waals surface area contributed by atoms with Crippen LogP contribution in [-0.4, -0.2) is 9.78 Å². The van der Waals surface area contributed by atoms with Crippen LogP contribution >= 0.6 is 39.1 Å². The van der Waals surface area contributed by atoms with Crippen LogP contribution in [0.25, 0.3) is 0 Å². The third-order valence-corrected chi connectivity index (χ3v) is 5.09. The quantitative estimate of drug-likeness (QED) is 0.597. The van der Waals surface area contributed by atoms with Gasteiger partial charge in [-0.25, -0.2) is 0 Å². The Morgan fingerprint density at radius 1 is 1.38 bits per heavy atom. The molecule has 1 atom stereocenters. The Bertz CT molecular complexity index is 622. The number of aromatic nitrogens is 2. The van der Waals surface area contributed by atoms with Gasteiger partial charge in [0.2, 0.25) is 0 Å². The summed E-state index contributed by atoms with van der Waals surface area (Å²) in [5, 5.41) is 5.69. The molecule has 2 rings (SSSR count). The maximum atomic E-state index is 6.27. The highest BCUT2D eigenvalue weighted by Crippen LogP contribution is 2.33. The average molecular weight is 392 g/mol. The van der Waals surface area contributed by atoms with Crippen molar-refractivity contribution in [3.8, 4) is 0 Å². The van der Waals surface area contributed by atoms with E-state index < -0.39 is 0 Å². The summed E-state index contributed by atoms with van der Waals surface area (Å²) in [7, 11) is 0. The molecule has 1 unspecified atom stereocenters. The Morgan fingerprint density at radius 2 is 2.00 bits per heavy atom. The molecule has 4 nitrogen and oxygen atoms in total. The summed E-state index contributed by atoms with van der Waals surface area (Å²) in [6.45, 7) is 4.80. The van der Waals surface area contributed by atoms with Crippen LogP contribution in [0.15, 0.2) is 22.7 Å². The molecule has 0 aliphatic carbocycles. The molecule has 0 aliphatic rings. The van der Waals surface area contributed by atoms with E-state index in [0.717, 1.165) is 28.0 Å². The van der Waals surface area contributed by atoms with Crippen molar-refractivity contribution >= 4 is 39.1 Å². The van der Waals surface area contributed by atoms with Crippen molar-refractivity contribution in [2.75, 3.05) is 0 Å². The Morgan fingerprint density at radius 3 is 2.52 bits per heavy atom. The number of nitrogens with two attached hydrogens (primary N) is 1. The minimum Gasteiger partial charge on any atom is -0.271 e. The van der Waals surface area contributed by atoms with Crippen molar-refractivity contribution in [3.63, 3.8) is 0 Å². The molecule has 7 heteroatoms. The normalized spacial score (nSPS) is 12.7. The van der Waals surface area contributed by atoms with Gasteiger partial charge in [0.1, 0.15) is 0 Å². The molecule has 1 heterocycles. The Kier molecular flexibility index (Phi) is 5.68. The predicted octanol–water partition coefficient (Wildman–Crippen LogP) is 4.03. The first-order valence-corrected chi connectivity index (χ1v) is 8.16. The van der Waals surface area contributed by atoms with Gasteiger partial charge < -0.3 is 0 Å². The van der Waals surface area contributed by atoms with Crippen LogP contribution in [0.4, 0.5) is 0 Å². The molecule has 21 heavy (non-hydrogen) atoms. The van der Waals surface area contributed by atoms with Crippen molar-refractivity contribution in [3.05, 3.63) is 49.7 Å². The van der Waals surface area contributed by atoms with Crippen molar-refractivity contribution < 1.29 is 0 Å². The van der Waals surface area contributed by atoms with Crippen molar-refractivity contribution in [1.29, 1.82) is 0 Å². The lowest BCUT2D eigenvalue weighted by Crippen LogP contribution is -2.30. The number of hydrazine groups is 1. The minimum atomic E-state index is -0.191. The van der Waals surface area contributed by atoms with E-state index in [0.29, 0.717) is 16.5 Å². The second-order valence-corrected chi connectivity index (χ2v) is 6.33. The molecule has 0 saturated carbocycles. The van der Waals surface area contributed by atoms with Gasteiger partial charge in [0.05, 0.1) is 21.9 Å². The zero-order chi connectivity index (χ0) is 15.6. The molecule has 0 aliphatic heterocycles. The van der Waals surface area contributed by atoms with E-state index in [9.17, 15) is 0 Å². The molecule has 0 radical (unpaired) electrons. The van der Waals surface area contributed by atoms with E-state index in [1.54, 1.807) is 0 Å². The van der Waals surface area contributed by atoms with Crippen LogP contribution < -0.4 is 11.3 Å². The van der Waals surface area contributed by atoms with Crippen molar-refractivity contribution in [2.24, 2.45) is 5.84 Å². The Hall–Kier alpha value is -0.590. The lowest BCUT2D eigenvalue weighted by molar-refractivity contribution is 0.516. The molecule has 0 saturated heterocycles. The van der Waals surface area contributed by atoms with Gasteiger partial charge in [0.25, 0.3) is 0 Å². The molecule has 2 aromatic rings. The Balaban J connectivity index is 2.41. The third kappa shape index (κ3) is 3.43. The number of nitrogens with one attached hydrogen (secondary N) is 1. The second-order valence-electron chi connectivity index (χ2n) is 4.72. The van der Waals surface area contributed by atoms with Crippen LogP contribution in [0.2, 0.25) is 10.0 Å². The van der Waals surface area contributed by atoms with E-state index in [1.165, 1.54) is 0 Å². The highest BCUT2D eigenvalue weighted by atomic mass is 79.9. The largest absolute Gasteiger partial charge is 0.271 e. The summed E-state index contributed by atoms with van der Waals surface area (Å²) in [5.74, 6) is 5.73. The topological polar surface area (TPSA) is 55.9 Å². The van der Waals surface area contributed by atoms with E-state index in [4.69, 9.17) is 29.0 Å². The molecular weight excluding hydrogens is 375 g/mol. The fourth-order valence-corrected chi connectivity index (χ4v) is 3.45. The minimum absolute atomic E-state index is 0.191. The molecular formula is C14H17BrCl2N4. The number of halogens is 3. The maximum Gasteiger partial charge on any atom is 0.0738 e. The highest BCUT2D eigenvalue weighted by Gasteiger charge is 2.21. The lowest BCUT2D eigenvalue weighted by Gasteiger charge is -2.20. The number of nitrogens with zero attached hydrogens (tertiary/aromatic N) is 2. The molecule has 1 aromatic carbocycles. The van der Waals surface area contributed by atoms with Gasteiger partial charge in [0, 0.05) is 28.6 Å². The fraction of sp³-hybridized carbons (Fsp3) is 0.357. The van der Waals surface area contributed by atoms with Crippen LogP contribution in [0, 0.1) is 6.92 Å². The fourth-order valence-electron chi connectivity index (χ4n) is 2.35. The van der Waals surface area contributed by atoms with Crippen LogP contribution in [0.1, 0.15) is 29.9 Å². The molecule has 0 bridgehead atoms. The monoisotopic (exact) mass is 390 g/mol. The average Bonchev–Trinajstić information content (AvgIpc) is 2.73. The van der Waals surface area contributed by atoms with Gasteiger partial charge in [-0.1, -0.05) is 29.3 Å². The Labute approximate surface area is 142 Å². The zero-order valence-electron chi connectivity index (χ0n) is 11.8. The molecule has 0 amide bonds. The van der Waals surface area contributed by atoms with Gasteiger partial charge in [-0.2, -0.15) is 5.10 Å². The lowest BCUT2D eigenvalue weighted by atomic mass is 10.0. The van der Waals surface area contributed by atoms with Crippen LogP contribution in [0.5, 0.6) is 0 Å². The van der Waals surface area contributed by atoms with Crippen LogP contribution in [-0.2, 0) is 13.0 Å². The first kappa shape index (κ1) is 16.8. The standard InChI is InChI=1S/C14H17BrCl2N4/c1-3-21-12(14(15)8(2)20-21)7-11(19-18)13-9(16)5-4-6-10(13)17/h4-6,11,19H,3,7,18H2,1-2H3. The van der Waals surface area contributed by atoms with Gasteiger partial charge >= 0.3 is 0 Å². The van der Waals surface area contributed by atoms with Crippen molar-refractivity contribution in [1.82, 2.24) is 15.2 Å². The first-order chi connectivity index (χ1) is 9.99. The third-order valence-electron chi connectivity index (χ3n) is 3.40. The number of benzene rings is 1. The number of rotatable bonds is 5. The molecule has 3 N–H and O–H groups in total. The van der Waals surface area contributed by atoms with Crippen molar-refractivity contribution in [2.45, 2.75) is 32.9 Å². The maximum absolute atomic E-state index is 6.27. The number of hydrogen-bond acceptors (Lipinski definition) is 3. The van der Waals surface area contributed by atoms with E-state index >= 15 is 0 Å². The van der Waals surface area contributed by atoms with E-state index in [-0.39, 0.29) is 6.04 Å². The highest BCUT2D eigenvalue weighted by molar-refractivity contribution is 9.10. The van der Waals surface area contributed by atoms with E-state index in [1.807, 2.05) is 29.8 Å². The summed E-state index contributed by atoms with van der Waals surface area (Å²) < 4.78 is 2.95. The smallest absolute Gasteiger partial charge is 0.0738 e. The molecule has 1 aromatic heterocycles. The number of hydrogen-bond donors (Lipinski definition) is 2. The van der Waals surface area contributed by atoms with Gasteiger partial charge in [-0.15, -0.1) is 0 Å². The summed E-state index contributed by atoms with van der Waals surface area (Å²) >= 11 is 16.1. The summed E-state index contributed by atoms with van der Waals surface area (Å²) in [6, 6.07) is 5.25. The first-order valence-electron chi connectivity index (χ1n) is 6.61. The van der Waals surface area contributed by atoms with Gasteiger partial charge in [0.15, 0.2) is 0 Å². The van der Waals surface area contributed by atoms with Gasteiger partial charge in [-0.05, 0) is 41.9 Å².